The van der Waals surface area contributed by atoms with Gasteiger partial charge in [0.05, 0.1) is 19.1 Å². The lowest BCUT2D eigenvalue weighted by Crippen LogP contribution is -2.39. The van der Waals surface area contributed by atoms with Gasteiger partial charge in [-0.25, -0.2) is 4.39 Å². The SMILES string of the molecule is CCNC(CC(=O)OCC)C(=O)c1ccc(F)c(C)c1. The van der Waals surface area contributed by atoms with Crippen molar-refractivity contribution in [2.45, 2.75) is 33.2 Å². The molecule has 110 valence electrons. The number of hydrogen-bond acceptors (Lipinski definition) is 4. The van der Waals surface area contributed by atoms with E-state index in [1.54, 1.807) is 13.8 Å². The van der Waals surface area contributed by atoms with Crippen LogP contribution in [0.15, 0.2) is 18.2 Å². The molecule has 0 saturated heterocycles. The third kappa shape index (κ3) is 4.42. The molecule has 0 bridgehead atoms. The Morgan fingerprint density at radius 2 is 2.05 bits per heavy atom. The smallest absolute Gasteiger partial charge is 0.307 e. The molecule has 0 radical (unpaired) electrons. The van der Waals surface area contributed by atoms with E-state index in [1.807, 2.05) is 6.92 Å². The number of ether oxygens (including phenoxy) is 1. The molecule has 0 aliphatic rings. The third-order valence-electron chi connectivity index (χ3n) is 2.89. The molecule has 5 heteroatoms. The predicted octanol–water partition coefficient (Wildman–Crippen LogP) is 2.25. The molecule has 0 aromatic heterocycles. The summed E-state index contributed by atoms with van der Waals surface area (Å²) in [5, 5.41) is 2.96. The van der Waals surface area contributed by atoms with Crippen LogP contribution in [0.1, 0.15) is 36.2 Å². The van der Waals surface area contributed by atoms with Gasteiger partial charge in [-0.2, -0.15) is 0 Å². The summed E-state index contributed by atoms with van der Waals surface area (Å²) >= 11 is 0. The molecule has 0 fully saturated rings. The number of hydrogen-bond donors (Lipinski definition) is 1. The van der Waals surface area contributed by atoms with Gasteiger partial charge >= 0.3 is 5.97 Å². The maximum Gasteiger partial charge on any atom is 0.307 e. The first kappa shape index (κ1) is 16.3. The molecule has 1 aromatic carbocycles. The summed E-state index contributed by atoms with van der Waals surface area (Å²) in [6, 6.07) is 3.53. The molecular formula is C15H20FNO3. The van der Waals surface area contributed by atoms with E-state index in [2.05, 4.69) is 5.32 Å². The van der Waals surface area contributed by atoms with Gasteiger partial charge in [0.2, 0.25) is 0 Å². The van der Waals surface area contributed by atoms with Crippen LogP contribution < -0.4 is 5.32 Å². The predicted molar refractivity (Wildman–Crippen MR) is 74.2 cm³/mol. The number of aryl methyl sites for hydroxylation is 1. The van der Waals surface area contributed by atoms with Crippen LogP contribution >= 0.6 is 0 Å². The fraction of sp³-hybridized carbons (Fsp3) is 0.467. The van der Waals surface area contributed by atoms with E-state index in [4.69, 9.17) is 4.74 Å². The largest absolute Gasteiger partial charge is 0.466 e. The Labute approximate surface area is 118 Å². The van der Waals surface area contributed by atoms with Gasteiger partial charge in [-0.15, -0.1) is 0 Å². The molecule has 1 atom stereocenters. The Morgan fingerprint density at radius 1 is 1.35 bits per heavy atom. The minimum Gasteiger partial charge on any atom is -0.466 e. The second-order valence-electron chi connectivity index (χ2n) is 4.45. The van der Waals surface area contributed by atoms with Crippen molar-refractivity contribution >= 4 is 11.8 Å². The monoisotopic (exact) mass is 281 g/mol. The minimum atomic E-state index is -0.649. The van der Waals surface area contributed by atoms with Gasteiger partial charge < -0.3 is 10.1 Å². The van der Waals surface area contributed by atoms with Gasteiger partial charge in [-0.05, 0) is 44.2 Å². The number of Topliss-reactive ketones (excluding diaryl/α,β-unsaturated/α-hetero) is 1. The standard InChI is InChI=1S/C15H20FNO3/c1-4-17-13(9-14(18)20-5-2)15(19)11-6-7-12(16)10(3)8-11/h6-8,13,17H,4-5,9H2,1-3H3. The highest BCUT2D eigenvalue weighted by atomic mass is 19.1. The zero-order chi connectivity index (χ0) is 15.1. The quantitative estimate of drug-likeness (QED) is 0.615. The molecule has 0 spiro atoms. The van der Waals surface area contributed by atoms with E-state index in [9.17, 15) is 14.0 Å². The zero-order valence-electron chi connectivity index (χ0n) is 12.0. The van der Waals surface area contributed by atoms with Crippen LogP contribution in [0.2, 0.25) is 0 Å². The van der Waals surface area contributed by atoms with Crippen molar-refractivity contribution < 1.29 is 18.7 Å². The van der Waals surface area contributed by atoms with Crippen molar-refractivity contribution in [3.05, 3.63) is 35.1 Å². The van der Waals surface area contributed by atoms with Crippen LogP contribution in [-0.2, 0) is 9.53 Å². The number of carbonyl (C=O) groups excluding carboxylic acids is 2. The van der Waals surface area contributed by atoms with E-state index in [0.29, 0.717) is 17.7 Å². The van der Waals surface area contributed by atoms with Crippen LogP contribution in [0.5, 0.6) is 0 Å². The Hall–Kier alpha value is -1.75. The van der Waals surface area contributed by atoms with Gasteiger partial charge in [0, 0.05) is 5.56 Å². The lowest BCUT2D eigenvalue weighted by Gasteiger charge is -2.16. The first-order valence-corrected chi connectivity index (χ1v) is 6.68. The number of nitrogens with one attached hydrogen (secondary N) is 1. The molecule has 4 nitrogen and oxygen atoms in total. The minimum absolute atomic E-state index is 0.0308. The number of halogens is 1. The van der Waals surface area contributed by atoms with E-state index in [1.165, 1.54) is 18.2 Å². The molecule has 0 amide bonds. The van der Waals surface area contributed by atoms with Crippen molar-refractivity contribution in [2.75, 3.05) is 13.2 Å². The van der Waals surface area contributed by atoms with Crippen molar-refractivity contribution in [1.29, 1.82) is 0 Å². The number of ketones is 1. The third-order valence-corrected chi connectivity index (χ3v) is 2.89. The Balaban J connectivity index is 2.87. The van der Waals surface area contributed by atoms with Gasteiger partial charge in [0.15, 0.2) is 5.78 Å². The average Bonchev–Trinajstić information content (AvgIpc) is 2.41. The molecule has 1 N–H and O–H groups in total. The Kier molecular flexibility index (Phi) is 6.31. The maximum absolute atomic E-state index is 13.2. The highest BCUT2D eigenvalue weighted by Gasteiger charge is 2.23. The second kappa shape index (κ2) is 7.75. The molecule has 0 aliphatic heterocycles. The summed E-state index contributed by atoms with van der Waals surface area (Å²) in [6.45, 7) is 5.99. The molecule has 1 unspecified atom stereocenters. The molecule has 0 heterocycles. The van der Waals surface area contributed by atoms with E-state index >= 15 is 0 Å². The van der Waals surface area contributed by atoms with Gasteiger partial charge in [-0.1, -0.05) is 6.92 Å². The Morgan fingerprint density at radius 3 is 2.60 bits per heavy atom. The molecule has 20 heavy (non-hydrogen) atoms. The maximum atomic E-state index is 13.2. The lowest BCUT2D eigenvalue weighted by molar-refractivity contribution is -0.143. The van der Waals surface area contributed by atoms with Gasteiger partial charge in [0.1, 0.15) is 5.82 Å². The highest BCUT2D eigenvalue weighted by Crippen LogP contribution is 2.13. The molecule has 1 rings (SSSR count). The highest BCUT2D eigenvalue weighted by molar-refractivity contribution is 6.01. The summed E-state index contributed by atoms with van der Waals surface area (Å²) in [7, 11) is 0. The fourth-order valence-electron chi connectivity index (χ4n) is 1.89. The van der Waals surface area contributed by atoms with Crippen LogP contribution in [0.3, 0.4) is 0 Å². The van der Waals surface area contributed by atoms with Crippen molar-refractivity contribution in [2.24, 2.45) is 0 Å². The number of rotatable bonds is 7. The number of esters is 1. The number of likely N-dealkylation sites (N-methyl/N-ethyl adjacent to an activating group) is 1. The molecule has 1 aromatic rings. The number of benzene rings is 1. The zero-order valence-corrected chi connectivity index (χ0v) is 12.0. The van der Waals surface area contributed by atoms with E-state index in [0.717, 1.165) is 0 Å². The van der Waals surface area contributed by atoms with Crippen molar-refractivity contribution in [1.82, 2.24) is 5.32 Å². The summed E-state index contributed by atoms with van der Waals surface area (Å²) in [5.41, 5.74) is 0.793. The van der Waals surface area contributed by atoms with Crippen molar-refractivity contribution in [3.63, 3.8) is 0 Å². The summed E-state index contributed by atoms with van der Waals surface area (Å²) in [5.74, 6) is -1.01. The topological polar surface area (TPSA) is 55.4 Å². The first-order chi connectivity index (χ1) is 9.49. The normalized spacial score (nSPS) is 12.0. The van der Waals surface area contributed by atoms with Crippen LogP contribution in [0.25, 0.3) is 0 Å². The molecule has 0 aliphatic carbocycles. The van der Waals surface area contributed by atoms with E-state index in [-0.39, 0.29) is 24.6 Å². The lowest BCUT2D eigenvalue weighted by atomic mass is 10.00. The van der Waals surface area contributed by atoms with Crippen molar-refractivity contribution in [3.8, 4) is 0 Å². The summed E-state index contributed by atoms with van der Waals surface area (Å²) < 4.78 is 18.1. The fourth-order valence-corrected chi connectivity index (χ4v) is 1.89. The van der Waals surface area contributed by atoms with Crippen LogP contribution in [-0.4, -0.2) is 30.9 Å². The van der Waals surface area contributed by atoms with Gasteiger partial charge in [0.25, 0.3) is 0 Å². The van der Waals surface area contributed by atoms with Crippen LogP contribution in [0, 0.1) is 12.7 Å². The number of carbonyl (C=O) groups is 2. The summed E-state index contributed by atoms with van der Waals surface area (Å²) in [4.78, 5) is 23.9. The van der Waals surface area contributed by atoms with Gasteiger partial charge in [-0.3, -0.25) is 9.59 Å². The van der Waals surface area contributed by atoms with Crippen LogP contribution in [0.4, 0.5) is 4.39 Å². The first-order valence-electron chi connectivity index (χ1n) is 6.68. The summed E-state index contributed by atoms with van der Waals surface area (Å²) in [6.07, 6.45) is -0.0308. The van der Waals surface area contributed by atoms with E-state index < -0.39 is 12.0 Å². The average molecular weight is 281 g/mol. The molecule has 0 saturated carbocycles. The Bertz CT molecular complexity index is 488. The molecular weight excluding hydrogens is 261 g/mol. The second-order valence-corrected chi connectivity index (χ2v) is 4.45.